The third-order valence-electron chi connectivity index (χ3n) is 4.17. The highest BCUT2D eigenvalue weighted by Gasteiger charge is 2.08. The summed E-state index contributed by atoms with van der Waals surface area (Å²) in [4.78, 5) is 15.6. The van der Waals surface area contributed by atoms with Gasteiger partial charge >= 0.3 is 0 Å². The molecular weight excluding hydrogens is 342 g/mol. The molecule has 0 bridgehead atoms. The lowest BCUT2D eigenvalue weighted by atomic mass is 10.1. The van der Waals surface area contributed by atoms with Crippen LogP contribution < -0.4 is 10.2 Å². The van der Waals surface area contributed by atoms with Gasteiger partial charge in [-0.1, -0.05) is 36.4 Å². The summed E-state index contributed by atoms with van der Waals surface area (Å²) in [7, 11) is 5.93. The number of anilines is 1. The van der Waals surface area contributed by atoms with Gasteiger partial charge < -0.3 is 15.1 Å². The summed E-state index contributed by atoms with van der Waals surface area (Å²) < 4.78 is 0. The van der Waals surface area contributed by atoms with Crippen molar-refractivity contribution in [2.45, 2.75) is 13.3 Å². The number of rotatable bonds is 10. The van der Waals surface area contributed by atoms with Crippen molar-refractivity contribution in [3.63, 3.8) is 0 Å². The van der Waals surface area contributed by atoms with Crippen LogP contribution in [0.4, 0.5) is 5.69 Å². The minimum Gasteiger partial charge on any atom is -0.374 e. The molecule has 0 aliphatic heterocycles. The molecule has 0 atom stereocenters. The molecule has 4 nitrogen and oxygen atoms in total. The van der Waals surface area contributed by atoms with Gasteiger partial charge in [-0.25, -0.2) is 0 Å². The highest BCUT2D eigenvalue weighted by atomic mass is 32.1. The van der Waals surface area contributed by atoms with Crippen LogP contribution in [0.25, 0.3) is 6.08 Å². The Hall–Kier alpha value is -1.98. The molecule has 142 valence electrons. The fourth-order valence-electron chi connectivity index (χ4n) is 2.53. The van der Waals surface area contributed by atoms with Gasteiger partial charge in [-0.3, -0.25) is 4.79 Å². The molecule has 0 heterocycles. The molecule has 2 N–H and O–H groups in total. The number of para-hydroxylation sites is 1. The minimum atomic E-state index is 0.0654. The van der Waals surface area contributed by atoms with E-state index in [0.717, 1.165) is 19.5 Å². The lowest BCUT2D eigenvalue weighted by molar-refractivity contribution is -0.556. The summed E-state index contributed by atoms with van der Waals surface area (Å²) in [5.74, 6) is 0.327. The second kappa shape index (κ2) is 12.4. The summed E-state index contributed by atoms with van der Waals surface area (Å²) in [5.41, 5.74) is 3.55. The standard InChI is InChI=1S/C21H31N3OS/c1-5-18(13-14-22-2)11-12-19-9-6-7-10-20(19)23(3)15-8-16-24(4)21(25)17-26/h5-7,9-14,22,26H,8,15-17H2,1-4H3/p+1/b12-11+,14-13-,18-5-. The Bertz CT molecular complexity index is 652. The molecule has 26 heavy (non-hydrogen) atoms. The largest absolute Gasteiger partial charge is 0.374 e. The summed E-state index contributed by atoms with van der Waals surface area (Å²) in [6, 6.07) is 8.37. The van der Waals surface area contributed by atoms with Crippen LogP contribution in [0.3, 0.4) is 0 Å². The second-order valence-corrected chi connectivity index (χ2v) is 6.44. The number of hydrogen-bond donors (Lipinski definition) is 2. The van der Waals surface area contributed by atoms with E-state index in [1.165, 1.54) is 16.8 Å². The zero-order valence-electron chi connectivity index (χ0n) is 16.4. The lowest BCUT2D eigenvalue weighted by Crippen LogP contribution is -2.72. The predicted molar refractivity (Wildman–Crippen MR) is 116 cm³/mol. The van der Waals surface area contributed by atoms with E-state index in [0.29, 0.717) is 0 Å². The number of amides is 1. The predicted octanol–water partition coefficient (Wildman–Crippen LogP) is 2.57. The molecule has 0 radical (unpaired) electrons. The Morgan fingerprint density at radius 2 is 1.92 bits per heavy atom. The first-order valence-corrected chi connectivity index (χ1v) is 9.62. The summed E-state index contributed by atoms with van der Waals surface area (Å²) >= 11 is 4.04. The van der Waals surface area contributed by atoms with E-state index in [9.17, 15) is 4.79 Å². The molecule has 1 aromatic rings. The molecular formula is C21H32N3OS+. The van der Waals surface area contributed by atoms with Crippen molar-refractivity contribution in [1.82, 2.24) is 4.90 Å². The molecule has 5 heteroatoms. The fourth-order valence-corrected chi connectivity index (χ4v) is 2.77. The molecule has 0 aliphatic rings. The van der Waals surface area contributed by atoms with Gasteiger partial charge in [0.25, 0.3) is 0 Å². The van der Waals surface area contributed by atoms with Gasteiger partial charge in [0.05, 0.1) is 19.0 Å². The maximum absolute atomic E-state index is 11.6. The van der Waals surface area contributed by atoms with Crippen LogP contribution in [0.15, 0.2) is 54.3 Å². The summed E-state index contributed by atoms with van der Waals surface area (Å²) in [5, 5.41) is 2.02. The highest BCUT2D eigenvalue weighted by molar-refractivity contribution is 7.81. The molecule has 1 aromatic carbocycles. The minimum absolute atomic E-state index is 0.0654. The van der Waals surface area contributed by atoms with Gasteiger partial charge in [0, 0.05) is 32.9 Å². The number of allylic oxidation sites excluding steroid dienone is 4. The third-order valence-corrected chi connectivity index (χ3v) is 4.44. The summed E-state index contributed by atoms with van der Waals surface area (Å²) in [6.07, 6.45) is 11.4. The van der Waals surface area contributed by atoms with Crippen LogP contribution in [0.5, 0.6) is 0 Å². The quantitative estimate of drug-likeness (QED) is 0.488. The lowest BCUT2D eigenvalue weighted by Gasteiger charge is -2.23. The van der Waals surface area contributed by atoms with Gasteiger partial charge in [0.2, 0.25) is 5.91 Å². The van der Waals surface area contributed by atoms with Gasteiger partial charge in [-0.05, 0) is 36.6 Å². The Labute approximate surface area is 163 Å². The summed E-state index contributed by atoms with van der Waals surface area (Å²) in [6.45, 7) is 3.67. The van der Waals surface area contributed by atoms with E-state index >= 15 is 0 Å². The van der Waals surface area contributed by atoms with E-state index in [2.05, 4.69) is 73.1 Å². The molecule has 1 rings (SSSR count). The normalized spacial score (nSPS) is 12.1. The highest BCUT2D eigenvalue weighted by Crippen LogP contribution is 2.21. The van der Waals surface area contributed by atoms with Crippen LogP contribution in [-0.4, -0.2) is 50.8 Å². The van der Waals surface area contributed by atoms with Gasteiger partial charge in [0.15, 0.2) is 0 Å². The van der Waals surface area contributed by atoms with Crippen LogP contribution in [0, 0.1) is 0 Å². The average Bonchev–Trinajstić information content (AvgIpc) is 2.67. The van der Waals surface area contributed by atoms with E-state index < -0.39 is 0 Å². The molecule has 0 aromatic heterocycles. The number of nitrogens with zero attached hydrogens (tertiary/aromatic N) is 2. The molecule has 0 spiro atoms. The van der Waals surface area contributed by atoms with E-state index in [1.807, 2.05) is 32.5 Å². The van der Waals surface area contributed by atoms with Crippen LogP contribution >= 0.6 is 12.6 Å². The number of carbonyl (C=O) groups excluding carboxylic acids is 1. The van der Waals surface area contributed by atoms with Gasteiger partial charge in [-0.2, -0.15) is 12.6 Å². The third kappa shape index (κ3) is 7.50. The SMILES string of the molecule is C/C=C(\C=C/[NH2+]C)/C=C/c1ccccc1N(C)CCCN(C)C(=O)CS. The molecule has 1 amide bonds. The first-order chi connectivity index (χ1) is 12.5. The van der Waals surface area contributed by atoms with Crippen molar-refractivity contribution in [1.29, 1.82) is 0 Å². The number of quaternary nitrogens is 1. The molecule has 0 saturated heterocycles. The fraction of sp³-hybridized carbons (Fsp3) is 0.381. The monoisotopic (exact) mass is 374 g/mol. The van der Waals surface area contributed by atoms with Crippen LogP contribution in [0.1, 0.15) is 18.9 Å². The molecule has 0 aliphatic carbocycles. The smallest absolute Gasteiger partial charge is 0.232 e. The van der Waals surface area contributed by atoms with Crippen molar-refractivity contribution >= 4 is 30.3 Å². The number of carbonyl (C=O) groups is 1. The van der Waals surface area contributed by atoms with Crippen LogP contribution in [-0.2, 0) is 4.79 Å². The first kappa shape index (κ1) is 22.1. The molecule has 0 unspecified atom stereocenters. The van der Waals surface area contributed by atoms with E-state index in [-0.39, 0.29) is 11.7 Å². The molecule has 0 saturated carbocycles. The van der Waals surface area contributed by atoms with Crippen molar-refractivity contribution in [3.8, 4) is 0 Å². The van der Waals surface area contributed by atoms with Crippen LogP contribution in [0.2, 0.25) is 0 Å². The zero-order valence-corrected chi connectivity index (χ0v) is 17.2. The van der Waals surface area contributed by atoms with Crippen molar-refractivity contribution < 1.29 is 10.1 Å². The Kier molecular flexibility index (Phi) is 10.5. The number of benzene rings is 1. The number of hydrogen-bond acceptors (Lipinski definition) is 3. The van der Waals surface area contributed by atoms with Crippen molar-refractivity contribution in [2.24, 2.45) is 0 Å². The maximum atomic E-state index is 11.6. The Morgan fingerprint density at radius 3 is 2.58 bits per heavy atom. The second-order valence-electron chi connectivity index (χ2n) is 6.12. The van der Waals surface area contributed by atoms with E-state index in [1.54, 1.807) is 4.90 Å². The average molecular weight is 375 g/mol. The van der Waals surface area contributed by atoms with Crippen molar-refractivity contribution in [2.75, 3.05) is 44.9 Å². The van der Waals surface area contributed by atoms with Gasteiger partial charge in [0.1, 0.15) is 0 Å². The Morgan fingerprint density at radius 1 is 1.19 bits per heavy atom. The van der Waals surface area contributed by atoms with Gasteiger partial charge in [-0.15, -0.1) is 0 Å². The first-order valence-electron chi connectivity index (χ1n) is 8.98. The Balaban J connectivity index is 2.75. The number of thiol groups is 1. The van der Waals surface area contributed by atoms with Crippen molar-refractivity contribution in [3.05, 3.63) is 59.8 Å². The maximum Gasteiger partial charge on any atom is 0.232 e. The topological polar surface area (TPSA) is 40.2 Å². The van der Waals surface area contributed by atoms with E-state index in [4.69, 9.17) is 0 Å². The zero-order chi connectivity index (χ0) is 19.4. The molecule has 0 fully saturated rings. The number of nitrogens with two attached hydrogens (primary N) is 1.